The van der Waals surface area contributed by atoms with Crippen molar-refractivity contribution in [3.8, 4) is 0 Å². The summed E-state index contributed by atoms with van der Waals surface area (Å²) in [5, 5.41) is 0. The van der Waals surface area contributed by atoms with Crippen LogP contribution in [0.4, 0.5) is 0 Å². The topological polar surface area (TPSA) is 69.4 Å². The van der Waals surface area contributed by atoms with Crippen molar-refractivity contribution in [3.05, 3.63) is 23.1 Å². The van der Waals surface area contributed by atoms with Gasteiger partial charge in [-0.05, 0) is 49.9 Å². The third kappa shape index (κ3) is 2.00. The number of hydrogen-bond donors (Lipinski definition) is 1. The van der Waals surface area contributed by atoms with Gasteiger partial charge < -0.3 is 10.5 Å². The van der Waals surface area contributed by atoms with Crippen LogP contribution in [0.15, 0.2) is 23.1 Å². The average molecular weight is 343 g/mol. The number of ketones is 2. The summed E-state index contributed by atoms with van der Waals surface area (Å²) in [6, 6.07) is 0. The largest absolute Gasteiger partial charge is 0.482 e. The minimum Gasteiger partial charge on any atom is -0.482 e. The second kappa shape index (κ2) is 4.99. The van der Waals surface area contributed by atoms with E-state index in [4.69, 9.17) is 10.5 Å². The van der Waals surface area contributed by atoms with E-state index < -0.39 is 0 Å². The monoisotopic (exact) mass is 343 g/mol. The average Bonchev–Trinajstić information content (AvgIpc) is 2.52. The van der Waals surface area contributed by atoms with Crippen molar-refractivity contribution < 1.29 is 14.3 Å². The van der Waals surface area contributed by atoms with Crippen LogP contribution < -0.4 is 5.73 Å². The molecule has 4 nitrogen and oxygen atoms in total. The predicted molar refractivity (Wildman–Crippen MR) is 95.4 cm³/mol. The first-order valence-electron chi connectivity index (χ1n) is 9.61. The van der Waals surface area contributed by atoms with E-state index in [-0.39, 0.29) is 39.5 Å². The highest BCUT2D eigenvalue weighted by Crippen LogP contribution is 2.67. The van der Waals surface area contributed by atoms with Crippen LogP contribution in [0.25, 0.3) is 0 Å². The van der Waals surface area contributed by atoms with Crippen molar-refractivity contribution in [2.75, 3.05) is 0 Å². The fraction of sp³-hybridized carbons (Fsp3) is 0.714. The maximum absolute atomic E-state index is 12.6. The highest BCUT2D eigenvalue weighted by atomic mass is 16.5. The summed E-state index contributed by atoms with van der Waals surface area (Å²) in [6.07, 6.45) is 7.40. The van der Waals surface area contributed by atoms with E-state index in [1.807, 2.05) is 0 Å². The summed E-state index contributed by atoms with van der Waals surface area (Å²) in [5.41, 5.74) is 6.06. The predicted octanol–water partition coefficient (Wildman–Crippen LogP) is 3.66. The third-order valence-corrected chi connectivity index (χ3v) is 7.97. The molecule has 4 rings (SSSR count). The molecule has 3 aliphatic carbocycles. The summed E-state index contributed by atoms with van der Waals surface area (Å²) < 4.78 is 6.64. The molecule has 2 N–H and O–H groups in total. The Hall–Kier alpha value is -1.58. The number of carbonyl (C=O) groups excluding carboxylic acids is 2. The van der Waals surface area contributed by atoms with Crippen LogP contribution in [0.2, 0.25) is 0 Å². The van der Waals surface area contributed by atoms with Crippen LogP contribution in [0.1, 0.15) is 66.2 Å². The Balaban J connectivity index is 1.89. The second-order valence-electron chi connectivity index (χ2n) is 9.56. The molecule has 25 heavy (non-hydrogen) atoms. The first-order chi connectivity index (χ1) is 11.6. The maximum Gasteiger partial charge on any atom is 0.223 e. The van der Waals surface area contributed by atoms with E-state index in [0.29, 0.717) is 23.8 Å². The molecule has 0 aromatic heterocycles. The zero-order valence-corrected chi connectivity index (χ0v) is 15.8. The molecule has 136 valence electrons. The molecule has 0 saturated heterocycles. The Morgan fingerprint density at radius 3 is 2.60 bits per heavy atom. The Labute approximate surface area is 149 Å². The van der Waals surface area contributed by atoms with E-state index >= 15 is 0 Å². The van der Waals surface area contributed by atoms with Crippen LogP contribution in [-0.2, 0) is 14.3 Å². The van der Waals surface area contributed by atoms with E-state index in [0.717, 1.165) is 25.7 Å². The number of Topliss-reactive ketones (excluding diaryl/α,β-unsaturated/α-hetero) is 1. The van der Waals surface area contributed by atoms with Gasteiger partial charge in [0.2, 0.25) is 11.6 Å². The van der Waals surface area contributed by atoms with Crippen molar-refractivity contribution >= 4 is 11.6 Å². The highest BCUT2D eigenvalue weighted by molar-refractivity contribution is 6.21. The first kappa shape index (κ1) is 16.9. The second-order valence-corrected chi connectivity index (χ2v) is 9.56. The van der Waals surface area contributed by atoms with Gasteiger partial charge >= 0.3 is 0 Å². The molecule has 0 aromatic carbocycles. The number of carbonyl (C=O) groups is 2. The smallest absolute Gasteiger partial charge is 0.223 e. The molecule has 2 fully saturated rings. The normalized spacial score (nSPS) is 42.8. The first-order valence-corrected chi connectivity index (χ1v) is 9.61. The fourth-order valence-corrected chi connectivity index (χ4v) is 6.33. The highest BCUT2D eigenvalue weighted by Gasteiger charge is 2.66. The van der Waals surface area contributed by atoms with Gasteiger partial charge in [0, 0.05) is 23.0 Å². The Morgan fingerprint density at radius 1 is 1.16 bits per heavy atom. The van der Waals surface area contributed by atoms with E-state index in [9.17, 15) is 9.59 Å². The molecule has 1 spiro atoms. The number of ether oxygens (including phenoxy) is 1. The van der Waals surface area contributed by atoms with Crippen LogP contribution in [0.3, 0.4) is 0 Å². The molecule has 2 saturated carbocycles. The molecule has 0 aromatic rings. The lowest BCUT2D eigenvalue weighted by Gasteiger charge is -2.66. The summed E-state index contributed by atoms with van der Waals surface area (Å²) in [5.74, 6) is 0.698. The van der Waals surface area contributed by atoms with Gasteiger partial charge in [0.25, 0.3) is 0 Å². The lowest BCUT2D eigenvalue weighted by atomic mass is 9.44. The van der Waals surface area contributed by atoms with Crippen LogP contribution in [-0.4, -0.2) is 17.2 Å². The van der Waals surface area contributed by atoms with Gasteiger partial charge in [-0.3, -0.25) is 9.59 Å². The van der Waals surface area contributed by atoms with E-state index in [2.05, 4.69) is 27.7 Å². The molecule has 4 aliphatic rings. The zero-order valence-electron chi connectivity index (χ0n) is 15.8. The van der Waals surface area contributed by atoms with Crippen molar-refractivity contribution in [3.63, 3.8) is 0 Å². The zero-order chi connectivity index (χ0) is 18.2. The quantitative estimate of drug-likeness (QED) is 0.682. The van der Waals surface area contributed by atoms with Crippen LogP contribution in [0, 0.1) is 22.7 Å². The van der Waals surface area contributed by atoms with Gasteiger partial charge in [-0.2, -0.15) is 0 Å². The minimum atomic E-state index is -0.346. The maximum atomic E-state index is 12.6. The number of allylic oxidation sites excluding steroid dienone is 2. The summed E-state index contributed by atoms with van der Waals surface area (Å²) in [6.45, 7) is 9.24. The van der Waals surface area contributed by atoms with Crippen LogP contribution >= 0.6 is 0 Å². The number of nitrogens with two attached hydrogens (primary N) is 1. The van der Waals surface area contributed by atoms with Crippen molar-refractivity contribution in [1.82, 2.24) is 0 Å². The van der Waals surface area contributed by atoms with E-state index in [1.54, 1.807) is 0 Å². The van der Waals surface area contributed by atoms with Crippen LogP contribution in [0.5, 0.6) is 0 Å². The van der Waals surface area contributed by atoms with Crippen molar-refractivity contribution in [2.45, 2.75) is 71.8 Å². The summed E-state index contributed by atoms with van der Waals surface area (Å²) in [4.78, 5) is 25.2. The van der Waals surface area contributed by atoms with Gasteiger partial charge in [0.05, 0.1) is 5.70 Å². The minimum absolute atomic E-state index is 0.0517. The molecule has 1 aliphatic heterocycles. The molecular formula is C21H29NO3. The molecular weight excluding hydrogens is 314 g/mol. The molecule has 0 amide bonds. The Bertz CT molecular complexity index is 731. The van der Waals surface area contributed by atoms with Gasteiger partial charge in [-0.15, -0.1) is 0 Å². The molecule has 1 unspecified atom stereocenters. The summed E-state index contributed by atoms with van der Waals surface area (Å²) in [7, 11) is 0. The fourth-order valence-electron chi connectivity index (χ4n) is 6.33. The van der Waals surface area contributed by atoms with Gasteiger partial charge in [-0.1, -0.05) is 27.7 Å². The number of hydrogen-bond acceptors (Lipinski definition) is 4. The lowest BCUT2D eigenvalue weighted by Crippen LogP contribution is -2.66. The third-order valence-electron chi connectivity index (χ3n) is 7.97. The van der Waals surface area contributed by atoms with E-state index in [1.165, 1.54) is 12.5 Å². The van der Waals surface area contributed by atoms with Gasteiger partial charge in [0.1, 0.15) is 5.60 Å². The van der Waals surface area contributed by atoms with Crippen molar-refractivity contribution in [2.24, 2.45) is 28.4 Å². The number of rotatable bonds is 0. The lowest BCUT2D eigenvalue weighted by molar-refractivity contribution is -0.237. The van der Waals surface area contributed by atoms with Gasteiger partial charge in [-0.25, -0.2) is 0 Å². The molecule has 1 heterocycles. The van der Waals surface area contributed by atoms with Crippen molar-refractivity contribution in [1.29, 1.82) is 0 Å². The molecule has 0 radical (unpaired) electrons. The molecule has 4 atom stereocenters. The molecule has 4 heteroatoms. The summed E-state index contributed by atoms with van der Waals surface area (Å²) >= 11 is 0. The Kier molecular flexibility index (Phi) is 3.36. The SMILES string of the molecule is C[C@H]1CC[C@@H]2C(C)(C)CCCC23OC2=C(C[C@]13C)C(=O)C(N)=CC2=O. The van der Waals surface area contributed by atoms with Gasteiger partial charge in [0.15, 0.2) is 5.76 Å². The standard InChI is InChI=1S/C21H29NO3/c1-12-6-7-16-19(2,3)8-5-9-21(16)20(12,4)11-13-17(24)14(22)10-15(23)18(13)25-21/h10,12,16H,5-9,11,22H2,1-4H3/t12-,16+,20+,21?/m0/s1. The molecule has 0 bridgehead atoms. The Morgan fingerprint density at radius 2 is 1.88 bits per heavy atom.